The first kappa shape index (κ1) is 903. The zero-order valence-corrected chi connectivity index (χ0v) is 7.27. The molecule has 0 spiro atoms. The molecule has 0 fully saturated rings. The van der Waals surface area contributed by atoms with Crippen molar-refractivity contribution in [2.24, 2.45) is 0 Å². The van der Waals surface area contributed by atoms with Crippen LogP contribution in [0.15, 0.2) is 0 Å². The van der Waals surface area contributed by atoms with E-state index in [1.807, 2.05) is 0 Å². The minimum atomic E-state index is 0. The van der Waals surface area contributed by atoms with Gasteiger partial charge in [0.25, 0.3) is 0 Å². The third kappa shape index (κ3) is 543. The molecule has 0 radical (unpaired) electrons. The quantitative estimate of drug-likeness (QED) is 0.354. The summed E-state index contributed by atoms with van der Waals surface area (Å²) in [5.41, 5.74) is 0. The summed E-state index contributed by atoms with van der Waals surface area (Å²) in [6, 6.07) is 0. The molecule has 0 aliphatic heterocycles. The number of hydrogen-bond donors (Lipinski definition) is 0. The van der Waals surface area contributed by atoms with Crippen molar-refractivity contribution in [1.29, 1.82) is 0 Å². The molecule has 80 valence electrons. The predicted molar refractivity (Wildman–Crippen MR) is 35.1 cm³/mol. The van der Waals surface area contributed by atoms with Crippen LogP contribution in [0.5, 0.6) is 0 Å². The molecule has 6 nitrogen and oxygen atoms in total. The van der Waals surface area contributed by atoms with E-state index in [0.29, 0.717) is 0 Å². The summed E-state index contributed by atoms with van der Waals surface area (Å²) < 4.78 is 0. The first-order valence-corrected chi connectivity index (χ1v) is 0. The molecule has 0 unspecified atom stereocenters. The molecule has 0 aromatic carbocycles. The molecule has 12 N–H and O–H groups in total. The molecule has 0 aliphatic rings. The van der Waals surface area contributed by atoms with Crippen molar-refractivity contribution in [2.45, 2.75) is 14.9 Å². The van der Waals surface area contributed by atoms with Crippen LogP contribution >= 0.6 is 0 Å². The fraction of sp³-hybridized carbons (Fsp3) is 1.00. The average Bonchev–Trinajstić information content (AvgIpc) is 0. The van der Waals surface area contributed by atoms with E-state index in [4.69, 9.17) is 0 Å². The maximum atomic E-state index is 0. The van der Waals surface area contributed by atoms with Gasteiger partial charge in [-0.3, -0.25) is 0 Å². The Morgan fingerprint density at radius 3 is 0.333 bits per heavy atom. The Bertz CT molecular complexity index is 21.5. The first-order chi connectivity index (χ1) is 0. The van der Waals surface area contributed by atoms with Crippen molar-refractivity contribution in [3.63, 3.8) is 0 Å². The minimum absolute atomic E-state index is 0. The van der Waals surface area contributed by atoms with Crippen molar-refractivity contribution in [2.75, 3.05) is 0 Å². The SMILES string of the molecule is C.C.O.O.O.O.O.O.[Cl-].[Cl-].[Li+].[Li+]. The van der Waals surface area contributed by atoms with Gasteiger partial charge in [0.1, 0.15) is 0 Å². The van der Waals surface area contributed by atoms with Gasteiger partial charge in [0.15, 0.2) is 0 Å². The number of hydrogen-bond acceptors (Lipinski definition) is 0. The summed E-state index contributed by atoms with van der Waals surface area (Å²) in [6.07, 6.45) is 0. The van der Waals surface area contributed by atoms with Crippen LogP contribution in [0.2, 0.25) is 0 Å². The summed E-state index contributed by atoms with van der Waals surface area (Å²) >= 11 is 0. The van der Waals surface area contributed by atoms with Gasteiger partial charge in [0, 0.05) is 0 Å². The summed E-state index contributed by atoms with van der Waals surface area (Å²) in [5, 5.41) is 0. The molecule has 0 atom stereocenters. The number of halogens is 2. The molecule has 0 aliphatic carbocycles. The van der Waals surface area contributed by atoms with Crippen LogP contribution in [0.4, 0.5) is 0 Å². The monoisotopic (exact) mass is 224 g/mol. The molecule has 0 saturated carbocycles. The van der Waals surface area contributed by atoms with Gasteiger partial charge in [-0.1, -0.05) is 14.9 Å². The van der Waals surface area contributed by atoms with Gasteiger partial charge in [-0.15, -0.1) is 0 Å². The molecule has 0 aromatic heterocycles. The Kier molecular flexibility index (Phi) is 53300. The van der Waals surface area contributed by atoms with E-state index in [2.05, 4.69) is 0 Å². The van der Waals surface area contributed by atoms with Gasteiger partial charge in [-0.2, -0.15) is 0 Å². The van der Waals surface area contributed by atoms with Crippen molar-refractivity contribution >= 4 is 0 Å². The van der Waals surface area contributed by atoms with Gasteiger partial charge in [0.05, 0.1) is 0 Å². The zero-order valence-electron chi connectivity index (χ0n) is 5.76. The molecular weight excluding hydrogens is 205 g/mol. The minimum Gasteiger partial charge on any atom is -1.00 e. The molecule has 0 aromatic rings. The fourth-order valence-corrected chi connectivity index (χ4v) is 0. The molecule has 0 bridgehead atoms. The van der Waals surface area contributed by atoms with E-state index in [9.17, 15) is 0 Å². The number of rotatable bonds is 0. The Morgan fingerprint density at radius 1 is 0.333 bits per heavy atom. The fourth-order valence-electron chi connectivity index (χ4n) is 0. The Hall–Kier alpha value is 1.53. The third-order valence-electron chi connectivity index (χ3n) is 0. The van der Waals surface area contributed by atoms with Gasteiger partial charge in [0.2, 0.25) is 0 Å². The molecule has 0 heterocycles. The molecule has 0 rings (SSSR count). The van der Waals surface area contributed by atoms with Crippen LogP contribution < -0.4 is 62.5 Å². The maximum absolute atomic E-state index is 0. The van der Waals surface area contributed by atoms with E-state index >= 15 is 0 Å². The molecule has 10 heteroatoms. The third-order valence-corrected chi connectivity index (χ3v) is 0. The normalized spacial score (nSPS) is 0. The molecular formula is C2H20Cl2Li2O6. The van der Waals surface area contributed by atoms with Crippen LogP contribution in [0.25, 0.3) is 0 Å². The van der Waals surface area contributed by atoms with E-state index in [0.717, 1.165) is 0 Å². The Labute approximate surface area is 110 Å². The van der Waals surface area contributed by atoms with Crippen molar-refractivity contribution in [1.82, 2.24) is 0 Å². The second-order valence-corrected chi connectivity index (χ2v) is 0. The molecule has 12 heavy (non-hydrogen) atoms. The second-order valence-electron chi connectivity index (χ2n) is 0. The maximum Gasteiger partial charge on any atom is 1.00 e. The van der Waals surface area contributed by atoms with Gasteiger partial charge in [-0.05, 0) is 0 Å². The molecule has 0 amide bonds. The topological polar surface area (TPSA) is 189 Å². The standard InChI is InChI=1S/2CH4.2ClH.2Li.6H2O/h2*1H4;2*1H;;;6*1H2/q;;;;2*+1;;;;;;/p-2. The predicted octanol–water partition coefficient (Wildman–Crippen LogP) is -15.7. The molecule has 0 saturated heterocycles. The van der Waals surface area contributed by atoms with Crippen molar-refractivity contribution in [3.05, 3.63) is 0 Å². The van der Waals surface area contributed by atoms with Gasteiger partial charge in [-0.25, -0.2) is 0 Å². The van der Waals surface area contributed by atoms with E-state index < -0.39 is 0 Å². The Balaban J connectivity index is 0. The summed E-state index contributed by atoms with van der Waals surface area (Å²) in [6.45, 7) is 0. The van der Waals surface area contributed by atoms with Gasteiger partial charge < -0.3 is 57.7 Å². The summed E-state index contributed by atoms with van der Waals surface area (Å²) in [5.74, 6) is 0. The average molecular weight is 225 g/mol. The first-order valence-electron chi connectivity index (χ1n) is 0. The Morgan fingerprint density at radius 2 is 0.333 bits per heavy atom. The largest absolute Gasteiger partial charge is 1.00 e. The van der Waals surface area contributed by atoms with Crippen molar-refractivity contribution in [3.8, 4) is 0 Å². The summed E-state index contributed by atoms with van der Waals surface area (Å²) in [4.78, 5) is 0. The zero-order chi connectivity index (χ0) is 0. The van der Waals surface area contributed by atoms with Crippen LogP contribution in [-0.2, 0) is 0 Å². The van der Waals surface area contributed by atoms with Crippen LogP contribution in [0, 0.1) is 0 Å². The van der Waals surface area contributed by atoms with Crippen molar-refractivity contribution < 1.29 is 95.4 Å². The van der Waals surface area contributed by atoms with E-state index in [1.165, 1.54) is 0 Å². The van der Waals surface area contributed by atoms with Crippen LogP contribution in [0.3, 0.4) is 0 Å². The van der Waals surface area contributed by atoms with Crippen LogP contribution in [-0.4, -0.2) is 32.9 Å². The van der Waals surface area contributed by atoms with Gasteiger partial charge >= 0.3 is 37.7 Å². The second kappa shape index (κ2) is 708. The van der Waals surface area contributed by atoms with Crippen LogP contribution in [0.1, 0.15) is 14.9 Å². The summed E-state index contributed by atoms with van der Waals surface area (Å²) in [7, 11) is 0. The van der Waals surface area contributed by atoms with E-state index in [-0.39, 0.29) is 110 Å². The smallest absolute Gasteiger partial charge is 1.00 e. The van der Waals surface area contributed by atoms with E-state index in [1.54, 1.807) is 0 Å².